The first-order valence-corrected chi connectivity index (χ1v) is 9.42. The van der Waals surface area contributed by atoms with Crippen LogP contribution in [-0.2, 0) is 27.7 Å². The fourth-order valence-electron chi connectivity index (χ4n) is 2.82. The number of sulfone groups is 1. The Bertz CT molecular complexity index is 539. The van der Waals surface area contributed by atoms with Gasteiger partial charge < -0.3 is 9.30 Å². The maximum absolute atomic E-state index is 11.7. The number of ether oxygens (including phenoxy) is 1. The molecule has 6 heteroatoms. The van der Waals surface area contributed by atoms with Gasteiger partial charge in [-0.15, -0.1) is 0 Å². The van der Waals surface area contributed by atoms with Crippen LogP contribution in [0.1, 0.15) is 19.0 Å². The Morgan fingerprint density at radius 2 is 2.19 bits per heavy atom. The zero-order chi connectivity index (χ0) is 15.3. The summed E-state index contributed by atoms with van der Waals surface area (Å²) in [4.78, 5) is 2.27. The van der Waals surface area contributed by atoms with E-state index < -0.39 is 9.84 Å². The summed E-state index contributed by atoms with van der Waals surface area (Å²) in [6.07, 6.45) is 3.12. The molecule has 120 valence electrons. The molecule has 0 radical (unpaired) electrons. The Morgan fingerprint density at radius 3 is 2.90 bits per heavy atom. The number of hydrogen-bond acceptors (Lipinski definition) is 4. The zero-order valence-corrected chi connectivity index (χ0v) is 13.8. The van der Waals surface area contributed by atoms with Crippen LogP contribution >= 0.6 is 0 Å². The van der Waals surface area contributed by atoms with E-state index in [4.69, 9.17) is 4.74 Å². The molecule has 0 N–H and O–H groups in total. The minimum atomic E-state index is -2.90. The summed E-state index contributed by atoms with van der Waals surface area (Å²) >= 11 is 0. The molecule has 0 amide bonds. The van der Waals surface area contributed by atoms with Gasteiger partial charge in [0.15, 0.2) is 9.84 Å². The number of rotatable bonds is 7. The molecular weight excluding hydrogens is 288 g/mol. The predicted molar refractivity (Wildman–Crippen MR) is 84.0 cm³/mol. The topological polar surface area (TPSA) is 51.5 Å². The van der Waals surface area contributed by atoms with E-state index in [0.717, 1.165) is 32.7 Å². The highest BCUT2D eigenvalue weighted by Gasteiger charge is 2.22. The van der Waals surface area contributed by atoms with Crippen molar-refractivity contribution in [1.82, 2.24) is 9.47 Å². The number of fused-ring (bicyclic) bond motifs is 1. The highest BCUT2D eigenvalue weighted by molar-refractivity contribution is 7.91. The lowest BCUT2D eigenvalue weighted by Gasteiger charge is -2.23. The molecule has 1 aliphatic heterocycles. The van der Waals surface area contributed by atoms with Crippen molar-refractivity contribution in [3.8, 4) is 0 Å². The first-order valence-electron chi connectivity index (χ1n) is 7.60. The van der Waals surface area contributed by atoms with E-state index in [1.807, 2.05) is 0 Å². The van der Waals surface area contributed by atoms with Crippen LogP contribution < -0.4 is 0 Å². The molecule has 21 heavy (non-hydrogen) atoms. The second-order valence-corrected chi connectivity index (χ2v) is 8.24. The van der Waals surface area contributed by atoms with E-state index in [9.17, 15) is 8.42 Å². The summed E-state index contributed by atoms with van der Waals surface area (Å²) in [5.41, 5.74) is 1.27. The summed E-state index contributed by atoms with van der Waals surface area (Å²) < 4.78 is 30.9. The van der Waals surface area contributed by atoms with Crippen LogP contribution in [0.4, 0.5) is 0 Å². The highest BCUT2D eigenvalue weighted by Crippen LogP contribution is 2.19. The van der Waals surface area contributed by atoms with E-state index in [0.29, 0.717) is 12.5 Å². The lowest BCUT2D eigenvalue weighted by Crippen LogP contribution is -2.33. The third-order valence-corrected chi connectivity index (χ3v) is 5.85. The van der Waals surface area contributed by atoms with Crippen LogP contribution in [0, 0.1) is 5.92 Å². The monoisotopic (exact) mass is 314 g/mol. The highest BCUT2D eigenvalue weighted by atomic mass is 32.2. The van der Waals surface area contributed by atoms with Gasteiger partial charge in [0.2, 0.25) is 0 Å². The SMILES string of the molecule is CCS(=O)(=O)CCN1Cc2cccn2C[C@@H](CCOC)C1. The first kappa shape index (κ1) is 16.5. The summed E-state index contributed by atoms with van der Waals surface area (Å²) in [7, 11) is -1.18. The molecule has 0 aliphatic carbocycles. The molecule has 1 aromatic heterocycles. The Balaban J connectivity index is 2.03. The lowest BCUT2D eigenvalue weighted by atomic mass is 10.1. The van der Waals surface area contributed by atoms with Crippen LogP contribution in [0.5, 0.6) is 0 Å². The van der Waals surface area contributed by atoms with E-state index in [1.54, 1.807) is 14.0 Å². The molecule has 0 bridgehead atoms. The van der Waals surface area contributed by atoms with Crippen LogP contribution in [0.25, 0.3) is 0 Å². The second kappa shape index (κ2) is 7.42. The number of nitrogens with zero attached hydrogens (tertiary/aromatic N) is 2. The third-order valence-electron chi connectivity index (χ3n) is 4.17. The molecule has 2 heterocycles. The third kappa shape index (κ3) is 4.83. The van der Waals surface area contributed by atoms with Gasteiger partial charge in [-0.1, -0.05) is 6.92 Å². The lowest BCUT2D eigenvalue weighted by molar-refractivity contribution is 0.156. The van der Waals surface area contributed by atoms with Crippen LogP contribution in [0.3, 0.4) is 0 Å². The number of hydrogen-bond donors (Lipinski definition) is 0. The molecule has 0 spiro atoms. The molecule has 2 rings (SSSR count). The average Bonchev–Trinajstić information content (AvgIpc) is 2.82. The van der Waals surface area contributed by atoms with E-state index in [1.165, 1.54) is 5.69 Å². The van der Waals surface area contributed by atoms with Crippen molar-refractivity contribution < 1.29 is 13.2 Å². The first-order chi connectivity index (χ1) is 10.0. The number of methoxy groups -OCH3 is 1. The standard InChI is InChI=1S/C15H26N2O3S/c1-3-21(18,19)10-8-16-11-14(6-9-20-2)12-17-7-4-5-15(17)13-16/h4-5,7,14H,3,6,8-13H2,1-2H3/t14-/m0/s1. The summed E-state index contributed by atoms with van der Waals surface area (Å²) in [6, 6.07) is 4.19. The maximum Gasteiger partial charge on any atom is 0.151 e. The summed E-state index contributed by atoms with van der Waals surface area (Å²) in [6.45, 7) is 5.83. The van der Waals surface area contributed by atoms with Crippen LogP contribution in [-0.4, -0.2) is 56.2 Å². The van der Waals surface area contributed by atoms with Crippen molar-refractivity contribution in [2.24, 2.45) is 5.92 Å². The molecular formula is C15H26N2O3S. The maximum atomic E-state index is 11.7. The smallest absolute Gasteiger partial charge is 0.151 e. The van der Waals surface area contributed by atoms with Gasteiger partial charge in [0.05, 0.1) is 5.75 Å². The fraction of sp³-hybridized carbons (Fsp3) is 0.733. The van der Waals surface area contributed by atoms with Crippen molar-refractivity contribution in [3.63, 3.8) is 0 Å². The molecule has 0 saturated carbocycles. The molecule has 0 aromatic carbocycles. The predicted octanol–water partition coefficient (Wildman–Crippen LogP) is 1.39. The minimum Gasteiger partial charge on any atom is -0.385 e. The van der Waals surface area contributed by atoms with E-state index in [2.05, 4.69) is 27.8 Å². The van der Waals surface area contributed by atoms with Gasteiger partial charge in [-0.25, -0.2) is 8.42 Å². The summed E-state index contributed by atoms with van der Waals surface area (Å²) in [5, 5.41) is 0. The molecule has 1 aromatic rings. The Labute approximate surface area is 127 Å². The van der Waals surface area contributed by atoms with Crippen molar-refractivity contribution in [2.45, 2.75) is 26.4 Å². The Hall–Kier alpha value is -0.850. The fourth-order valence-corrected chi connectivity index (χ4v) is 3.64. The molecule has 1 aliphatic rings. The second-order valence-electron chi connectivity index (χ2n) is 5.77. The quantitative estimate of drug-likeness (QED) is 0.763. The largest absolute Gasteiger partial charge is 0.385 e. The zero-order valence-electron chi connectivity index (χ0n) is 13.0. The molecule has 5 nitrogen and oxygen atoms in total. The van der Waals surface area contributed by atoms with Gasteiger partial charge in [-0.2, -0.15) is 0 Å². The van der Waals surface area contributed by atoms with Crippen LogP contribution in [0.2, 0.25) is 0 Å². The van der Waals surface area contributed by atoms with Gasteiger partial charge in [-0.05, 0) is 24.5 Å². The molecule has 0 saturated heterocycles. The van der Waals surface area contributed by atoms with Gasteiger partial charge in [0, 0.05) is 57.5 Å². The van der Waals surface area contributed by atoms with Crippen molar-refractivity contribution in [1.29, 1.82) is 0 Å². The van der Waals surface area contributed by atoms with E-state index in [-0.39, 0.29) is 11.5 Å². The minimum absolute atomic E-state index is 0.227. The van der Waals surface area contributed by atoms with Crippen molar-refractivity contribution in [2.75, 3.05) is 38.3 Å². The van der Waals surface area contributed by atoms with Crippen LogP contribution in [0.15, 0.2) is 18.3 Å². The van der Waals surface area contributed by atoms with Gasteiger partial charge in [0.1, 0.15) is 0 Å². The van der Waals surface area contributed by atoms with E-state index >= 15 is 0 Å². The average molecular weight is 314 g/mol. The molecule has 0 unspecified atom stereocenters. The van der Waals surface area contributed by atoms with Gasteiger partial charge in [-0.3, -0.25) is 4.90 Å². The number of aromatic nitrogens is 1. The summed E-state index contributed by atoms with van der Waals surface area (Å²) in [5.74, 6) is 0.980. The van der Waals surface area contributed by atoms with Crippen molar-refractivity contribution >= 4 is 9.84 Å². The van der Waals surface area contributed by atoms with Gasteiger partial charge >= 0.3 is 0 Å². The Morgan fingerprint density at radius 1 is 1.38 bits per heavy atom. The van der Waals surface area contributed by atoms with Crippen molar-refractivity contribution in [3.05, 3.63) is 24.0 Å². The molecule has 1 atom stereocenters. The normalized spacial score (nSPS) is 20.2. The molecule has 0 fully saturated rings. The van der Waals surface area contributed by atoms with Gasteiger partial charge in [0.25, 0.3) is 0 Å². The Kier molecular flexibility index (Phi) is 5.84.